The van der Waals surface area contributed by atoms with Crippen molar-refractivity contribution in [1.82, 2.24) is 10.6 Å². The summed E-state index contributed by atoms with van der Waals surface area (Å²) in [6.07, 6.45) is 1.64. The van der Waals surface area contributed by atoms with Crippen LogP contribution in [0, 0.1) is 11.6 Å². The fourth-order valence-electron chi connectivity index (χ4n) is 3.36. The van der Waals surface area contributed by atoms with Crippen LogP contribution in [0.25, 0.3) is 0 Å². The van der Waals surface area contributed by atoms with Crippen LogP contribution in [0.3, 0.4) is 0 Å². The Kier molecular flexibility index (Phi) is 8.46. The van der Waals surface area contributed by atoms with Crippen LogP contribution in [0.15, 0.2) is 41.4 Å². The summed E-state index contributed by atoms with van der Waals surface area (Å²) in [4.78, 5) is 28.7. The SMILES string of the molecule is CNC(=O)OC1CCC(N=C(NC(=O)c2ccc(Cl)c(Cl)c2)Nc2cc(F)cc(F)c2)CC1. The molecule has 11 heteroatoms. The molecule has 0 unspecified atom stereocenters. The van der Waals surface area contributed by atoms with E-state index in [1.807, 2.05) is 0 Å². The van der Waals surface area contributed by atoms with E-state index in [0.717, 1.165) is 18.2 Å². The van der Waals surface area contributed by atoms with Gasteiger partial charge in [-0.2, -0.15) is 0 Å². The molecule has 1 aliphatic carbocycles. The maximum atomic E-state index is 13.6. The number of nitrogens with zero attached hydrogens (tertiary/aromatic N) is 1. The summed E-state index contributed by atoms with van der Waals surface area (Å²) in [6.45, 7) is 0. The van der Waals surface area contributed by atoms with E-state index in [-0.39, 0.29) is 34.4 Å². The maximum Gasteiger partial charge on any atom is 0.407 e. The second-order valence-corrected chi connectivity index (χ2v) is 8.24. The molecule has 176 valence electrons. The fraction of sp³-hybridized carbons (Fsp3) is 0.318. The first-order chi connectivity index (χ1) is 15.7. The van der Waals surface area contributed by atoms with Crippen molar-refractivity contribution in [1.29, 1.82) is 0 Å². The molecule has 0 aliphatic heterocycles. The summed E-state index contributed by atoms with van der Waals surface area (Å²) in [5, 5.41) is 8.31. The quantitative estimate of drug-likeness (QED) is 0.402. The van der Waals surface area contributed by atoms with Crippen LogP contribution in [-0.2, 0) is 4.74 Å². The average Bonchev–Trinajstić information content (AvgIpc) is 2.76. The number of benzene rings is 2. The molecule has 7 nitrogen and oxygen atoms in total. The van der Waals surface area contributed by atoms with E-state index in [9.17, 15) is 18.4 Å². The summed E-state index contributed by atoms with van der Waals surface area (Å²) in [7, 11) is 1.49. The molecule has 0 aromatic heterocycles. The Morgan fingerprint density at radius 3 is 2.27 bits per heavy atom. The van der Waals surface area contributed by atoms with Crippen molar-refractivity contribution in [2.75, 3.05) is 12.4 Å². The first-order valence-corrected chi connectivity index (χ1v) is 10.9. The van der Waals surface area contributed by atoms with Crippen molar-refractivity contribution in [2.45, 2.75) is 37.8 Å². The number of nitrogens with one attached hydrogen (secondary N) is 3. The number of guanidine groups is 1. The summed E-state index contributed by atoms with van der Waals surface area (Å²) in [6, 6.07) is 7.08. The number of anilines is 1. The van der Waals surface area contributed by atoms with E-state index in [2.05, 4.69) is 20.9 Å². The van der Waals surface area contributed by atoms with E-state index >= 15 is 0 Å². The van der Waals surface area contributed by atoms with Gasteiger partial charge in [-0.1, -0.05) is 23.2 Å². The molecule has 0 bridgehead atoms. The van der Waals surface area contributed by atoms with Crippen molar-refractivity contribution in [3.8, 4) is 0 Å². The third kappa shape index (κ3) is 7.30. The van der Waals surface area contributed by atoms with Gasteiger partial charge in [0.2, 0.25) is 5.96 Å². The third-order valence-corrected chi connectivity index (χ3v) is 5.71. The second kappa shape index (κ2) is 11.3. The van der Waals surface area contributed by atoms with Crippen LogP contribution in [0.5, 0.6) is 0 Å². The van der Waals surface area contributed by atoms with Gasteiger partial charge in [0.25, 0.3) is 5.91 Å². The molecule has 2 amide bonds. The number of aliphatic imine (C=N–C) groups is 1. The number of hydrogen-bond donors (Lipinski definition) is 3. The number of carbonyl (C=O) groups excluding carboxylic acids is 2. The molecule has 0 heterocycles. The lowest BCUT2D eigenvalue weighted by Crippen LogP contribution is -2.38. The van der Waals surface area contributed by atoms with E-state index in [1.165, 1.54) is 25.2 Å². The van der Waals surface area contributed by atoms with Crippen LogP contribution in [0.2, 0.25) is 10.0 Å². The van der Waals surface area contributed by atoms with Gasteiger partial charge in [-0.3, -0.25) is 10.1 Å². The molecule has 0 atom stereocenters. The second-order valence-electron chi connectivity index (χ2n) is 7.43. The molecular formula is C22H22Cl2F2N4O3. The monoisotopic (exact) mass is 498 g/mol. The predicted octanol–water partition coefficient (Wildman–Crippen LogP) is 5.14. The zero-order valence-corrected chi connectivity index (χ0v) is 19.1. The molecule has 1 aliphatic rings. The minimum absolute atomic E-state index is 0.0201. The summed E-state index contributed by atoms with van der Waals surface area (Å²) in [5.41, 5.74) is 0.310. The van der Waals surface area contributed by atoms with Crippen LogP contribution in [0.1, 0.15) is 36.0 Å². The first kappa shape index (κ1) is 24.7. The van der Waals surface area contributed by atoms with Crippen LogP contribution < -0.4 is 16.0 Å². The minimum Gasteiger partial charge on any atom is -0.446 e. The Morgan fingerprint density at radius 2 is 1.67 bits per heavy atom. The van der Waals surface area contributed by atoms with Crippen molar-refractivity contribution in [3.05, 3.63) is 63.6 Å². The van der Waals surface area contributed by atoms with E-state index in [1.54, 1.807) is 0 Å². The number of ether oxygens (including phenoxy) is 1. The highest BCUT2D eigenvalue weighted by Crippen LogP contribution is 2.25. The number of rotatable bonds is 4. The van der Waals surface area contributed by atoms with Gasteiger partial charge in [0.05, 0.1) is 16.1 Å². The average molecular weight is 499 g/mol. The van der Waals surface area contributed by atoms with Gasteiger partial charge in [0, 0.05) is 24.4 Å². The van der Waals surface area contributed by atoms with Gasteiger partial charge in [0.1, 0.15) is 17.7 Å². The summed E-state index contributed by atoms with van der Waals surface area (Å²) in [5.74, 6) is -2.07. The Balaban J connectivity index is 1.77. The standard InChI is InChI=1S/C22H22Cl2F2N4O3/c1-27-22(32)33-17-5-3-15(4-6-17)28-21(29-16-10-13(25)9-14(26)11-16)30-20(31)12-2-7-18(23)19(24)8-12/h2,7-11,15,17H,3-6H2,1H3,(H,27,32)(H2,28,29,30,31). The zero-order valence-electron chi connectivity index (χ0n) is 17.6. The van der Waals surface area contributed by atoms with Gasteiger partial charge in [-0.05, 0) is 56.0 Å². The highest BCUT2D eigenvalue weighted by Gasteiger charge is 2.24. The Labute approximate surface area is 199 Å². The number of alkyl carbamates (subject to hydrolysis) is 1. The smallest absolute Gasteiger partial charge is 0.407 e. The van der Waals surface area contributed by atoms with Crippen molar-refractivity contribution in [2.24, 2.45) is 4.99 Å². The van der Waals surface area contributed by atoms with Gasteiger partial charge < -0.3 is 15.4 Å². The molecule has 2 aromatic rings. The topological polar surface area (TPSA) is 91.8 Å². The predicted molar refractivity (Wildman–Crippen MR) is 123 cm³/mol. The molecule has 0 radical (unpaired) electrons. The molecule has 3 rings (SSSR count). The summed E-state index contributed by atoms with van der Waals surface area (Å²) >= 11 is 11.9. The van der Waals surface area contributed by atoms with Gasteiger partial charge in [-0.25, -0.2) is 18.6 Å². The summed E-state index contributed by atoms with van der Waals surface area (Å²) < 4.78 is 32.6. The molecule has 33 heavy (non-hydrogen) atoms. The Bertz CT molecular complexity index is 1040. The van der Waals surface area contributed by atoms with E-state index < -0.39 is 23.6 Å². The van der Waals surface area contributed by atoms with Gasteiger partial charge >= 0.3 is 6.09 Å². The first-order valence-electron chi connectivity index (χ1n) is 10.2. The molecular weight excluding hydrogens is 477 g/mol. The minimum atomic E-state index is -0.778. The lowest BCUT2D eigenvalue weighted by Gasteiger charge is -2.26. The van der Waals surface area contributed by atoms with Gasteiger partial charge in [-0.15, -0.1) is 0 Å². The lowest BCUT2D eigenvalue weighted by molar-refractivity contribution is 0.0734. The highest BCUT2D eigenvalue weighted by molar-refractivity contribution is 6.42. The zero-order chi connectivity index (χ0) is 24.0. The molecule has 0 saturated heterocycles. The van der Waals surface area contributed by atoms with Gasteiger partial charge in [0.15, 0.2) is 0 Å². The van der Waals surface area contributed by atoms with Crippen molar-refractivity contribution >= 4 is 46.8 Å². The number of amides is 2. The number of carbonyl (C=O) groups is 2. The third-order valence-electron chi connectivity index (χ3n) is 4.97. The normalized spacial score (nSPS) is 18.4. The molecule has 3 N–H and O–H groups in total. The highest BCUT2D eigenvalue weighted by atomic mass is 35.5. The van der Waals surface area contributed by atoms with Crippen LogP contribution in [-0.4, -0.2) is 37.2 Å². The fourth-order valence-corrected chi connectivity index (χ4v) is 3.66. The Morgan fingerprint density at radius 1 is 1.00 bits per heavy atom. The van der Waals surface area contributed by atoms with E-state index in [4.69, 9.17) is 27.9 Å². The number of hydrogen-bond acceptors (Lipinski definition) is 4. The molecule has 1 fully saturated rings. The maximum absolute atomic E-state index is 13.6. The number of halogens is 4. The molecule has 2 aromatic carbocycles. The van der Waals surface area contributed by atoms with Crippen molar-refractivity contribution < 1.29 is 23.1 Å². The molecule has 0 spiro atoms. The van der Waals surface area contributed by atoms with Crippen LogP contribution in [0.4, 0.5) is 19.3 Å². The lowest BCUT2D eigenvalue weighted by atomic mass is 9.93. The van der Waals surface area contributed by atoms with Crippen LogP contribution >= 0.6 is 23.2 Å². The van der Waals surface area contributed by atoms with Crippen molar-refractivity contribution in [3.63, 3.8) is 0 Å². The van der Waals surface area contributed by atoms with E-state index in [0.29, 0.717) is 30.7 Å². The largest absolute Gasteiger partial charge is 0.446 e. The molecule has 1 saturated carbocycles. The Hall–Kier alpha value is -2.91.